The number of nitrogens with one attached hydrogen (secondary N) is 1. The Kier molecular flexibility index (Phi) is 4.25. The molecule has 1 aromatic rings. The maximum Gasteiger partial charge on any atom is 0.407 e. The normalized spacial score (nSPS) is 10.8. The fraction of sp³-hybridized carbons (Fsp3) is 0.417. The Morgan fingerprint density at radius 2 is 2.11 bits per heavy atom. The third kappa shape index (κ3) is 4.82. The van der Waals surface area contributed by atoms with Gasteiger partial charge in [0.05, 0.1) is 4.92 Å². The molecule has 0 spiro atoms. The summed E-state index contributed by atoms with van der Waals surface area (Å²) >= 11 is 0. The molecule has 1 N–H and O–H groups in total. The average Bonchev–Trinajstić information content (AvgIpc) is 2.24. The van der Waals surface area contributed by atoms with Gasteiger partial charge < -0.3 is 10.1 Å². The van der Waals surface area contributed by atoms with Crippen molar-refractivity contribution in [3.8, 4) is 0 Å². The highest BCUT2D eigenvalue weighted by Gasteiger charge is 2.14. The van der Waals surface area contributed by atoms with Crippen molar-refractivity contribution in [2.75, 3.05) is 0 Å². The largest absolute Gasteiger partial charge is 0.445 e. The van der Waals surface area contributed by atoms with E-state index in [4.69, 9.17) is 4.74 Å². The van der Waals surface area contributed by atoms with E-state index in [9.17, 15) is 14.9 Å². The molecule has 0 atom stereocenters. The molecular weight excluding hydrogens is 236 g/mol. The Balaban J connectivity index is 2.56. The number of nitro benzene ring substituents is 1. The van der Waals surface area contributed by atoms with Crippen LogP contribution < -0.4 is 5.32 Å². The Hall–Kier alpha value is -2.11. The SMILES string of the molecule is CC(C)(C)NC(=O)OCc1cccc([N+](=O)[O-])c1. The summed E-state index contributed by atoms with van der Waals surface area (Å²) in [6, 6.07) is 5.99. The number of non-ortho nitro benzene ring substituents is 1. The van der Waals surface area contributed by atoms with E-state index < -0.39 is 11.0 Å². The van der Waals surface area contributed by atoms with Crippen molar-refractivity contribution < 1.29 is 14.5 Å². The quantitative estimate of drug-likeness (QED) is 0.662. The summed E-state index contributed by atoms with van der Waals surface area (Å²) in [5.74, 6) is 0. The van der Waals surface area contributed by atoms with Gasteiger partial charge in [0.1, 0.15) is 6.61 Å². The summed E-state index contributed by atoms with van der Waals surface area (Å²) in [6.45, 7) is 5.51. The number of hydrogen-bond acceptors (Lipinski definition) is 4. The molecule has 6 heteroatoms. The van der Waals surface area contributed by atoms with Gasteiger partial charge in [-0.25, -0.2) is 4.79 Å². The third-order valence-corrected chi connectivity index (χ3v) is 1.97. The fourth-order valence-corrected chi connectivity index (χ4v) is 1.25. The number of nitrogens with zero attached hydrogens (tertiary/aromatic N) is 1. The second-order valence-corrected chi connectivity index (χ2v) is 4.88. The van der Waals surface area contributed by atoms with Crippen molar-refractivity contribution in [1.29, 1.82) is 0 Å². The van der Waals surface area contributed by atoms with Crippen molar-refractivity contribution in [1.82, 2.24) is 5.32 Å². The summed E-state index contributed by atoms with van der Waals surface area (Å²) in [5.41, 5.74) is 0.181. The Morgan fingerprint density at radius 3 is 2.67 bits per heavy atom. The van der Waals surface area contributed by atoms with E-state index in [1.165, 1.54) is 12.1 Å². The summed E-state index contributed by atoms with van der Waals surface area (Å²) in [5, 5.41) is 13.2. The van der Waals surface area contributed by atoms with Gasteiger partial charge in [0.15, 0.2) is 0 Å². The van der Waals surface area contributed by atoms with E-state index in [0.29, 0.717) is 5.56 Å². The first-order valence-corrected chi connectivity index (χ1v) is 5.46. The highest BCUT2D eigenvalue weighted by Crippen LogP contribution is 2.13. The summed E-state index contributed by atoms with van der Waals surface area (Å²) in [4.78, 5) is 21.5. The van der Waals surface area contributed by atoms with Gasteiger partial charge >= 0.3 is 6.09 Å². The van der Waals surface area contributed by atoms with E-state index >= 15 is 0 Å². The summed E-state index contributed by atoms with van der Waals surface area (Å²) in [7, 11) is 0. The number of rotatable bonds is 3. The minimum atomic E-state index is -0.547. The number of carbonyl (C=O) groups is 1. The molecule has 1 rings (SSSR count). The van der Waals surface area contributed by atoms with Crippen molar-refractivity contribution in [2.24, 2.45) is 0 Å². The van der Waals surface area contributed by atoms with Crippen LogP contribution in [0.5, 0.6) is 0 Å². The van der Waals surface area contributed by atoms with Gasteiger partial charge in [-0.15, -0.1) is 0 Å². The van der Waals surface area contributed by atoms with Crippen LogP contribution in [0, 0.1) is 10.1 Å². The molecule has 0 saturated carbocycles. The molecule has 1 aromatic carbocycles. The number of alkyl carbamates (subject to hydrolysis) is 1. The van der Waals surface area contributed by atoms with Crippen LogP contribution in [0.2, 0.25) is 0 Å². The molecule has 1 amide bonds. The molecule has 0 unspecified atom stereocenters. The van der Waals surface area contributed by atoms with Crippen LogP contribution in [0.15, 0.2) is 24.3 Å². The van der Waals surface area contributed by atoms with E-state index in [-0.39, 0.29) is 17.8 Å². The molecule has 0 aliphatic heterocycles. The first-order chi connectivity index (χ1) is 8.28. The molecule has 0 saturated heterocycles. The minimum absolute atomic E-state index is 0.00356. The van der Waals surface area contributed by atoms with Crippen LogP contribution in [-0.2, 0) is 11.3 Å². The van der Waals surface area contributed by atoms with E-state index in [0.717, 1.165) is 0 Å². The van der Waals surface area contributed by atoms with Crippen LogP contribution in [-0.4, -0.2) is 16.6 Å². The molecule has 98 valence electrons. The number of ether oxygens (including phenoxy) is 1. The molecule has 0 aromatic heterocycles. The van der Waals surface area contributed by atoms with Gasteiger partial charge in [0, 0.05) is 17.7 Å². The predicted molar refractivity (Wildman–Crippen MR) is 66.2 cm³/mol. The maximum atomic E-state index is 11.4. The van der Waals surface area contributed by atoms with Crippen molar-refractivity contribution >= 4 is 11.8 Å². The third-order valence-electron chi connectivity index (χ3n) is 1.97. The molecule has 0 aliphatic rings. The zero-order chi connectivity index (χ0) is 13.8. The predicted octanol–water partition coefficient (Wildman–Crippen LogP) is 2.62. The van der Waals surface area contributed by atoms with E-state index in [2.05, 4.69) is 5.32 Å². The fourth-order valence-electron chi connectivity index (χ4n) is 1.25. The number of amides is 1. The number of hydrogen-bond donors (Lipinski definition) is 1. The first-order valence-electron chi connectivity index (χ1n) is 5.46. The van der Waals surface area contributed by atoms with Gasteiger partial charge in [-0.05, 0) is 26.3 Å². The van der Waals surface area contributed by atoms with Gasteiger partial charge in [-0.3, -0.25) is 10.1 Å². The molecule has 0 fully saturated rings. The van der Waals surface area contributed by atoms with Crippen molar-refractivity contribution in [3.63, 3.8) is 0 Å². The molecule has 18 heavy (non-hydrogen) atoms. The maximum absolute atomic E-state index is 11.4. The average molecular weight is 252 g/mol. The molecular formula is C12H16N2O4. The first kappa shape index (κ1) is 14.0. The highest BCUT2D eigenvalue weighted by atomic mass is 16.6. The topological polar surface area (TPSA) is 81.5 Å². The van der Waals surface area contributed by atoms with Crippen LogP contribution in [0.25, 0.3) is 0 Å². The number of carbonyl (C=O) groups excluding carboxylic acids is 1. The van der Waals surface area contributed by atoms with Crippen LogP contribution >= 0.6 is 0 Å². The van der Waals surface area contributed by atoms with E-state index in [1.807, 2.05) is 20.8 Å². The zero-order valence-corrected chi connectivity index (χ0v) is 10.6. The lowest BCUT2D eigenvalue weighted by molar-refractivity contribution is -0.384. The van der Waals surface area contributed by atoms with Crippen molar-refractivity contribution in [2.45, 2.75) is 32.9 Å². The molecule has 6 nitrogen and oxygen atoms in total. The standard InChI is InChI=1S/C12H16N2O4/c1-12(2,3)13-11(15)18-8-9-5-4-6-10(7-9)14(16)17/h4-7H,8H2,1-3H3,(H,13,15). The number of benzene rings is 1. The minimum Gasteiger partial charge on any atom is -0.445 e. The van der Waals surface area contributed by atoms with E-state index in [1.54, 1.807) is 12.1 Å². The molecule has 0 radical (unpaired) electrons. The number of nitro groups is 1. The molecule has 0 bridgehead atoms. The summed E-state index contributed by atoms with van der Waals surface area (Å²) in [6.07, 6.45) is -0.547. The van der Waals surface area contributed by atoms with Gasteiger partial charge in [0.2, 0.25) is 0 Å². The van der Waals surface area contributed by atoms with Gasteiger partial charge in [-0.1, -0.05) is 12.1 Å². The van der Waals surface area contributed by atoms with Crippen molar-refractivity contribution in [3.05, 3.63) is 39.9 Å². The zero-order valence-electron chi connectivity index (χ0n) is 10.6. The molecule has 0 aliphatic carbocycles. The lowest BCUT2D eigenvalue weighted by Crippen LogP contribution is -2.40. The van der Waals surface area contributed by atoms with Crippen LogP contribution in [0.4, 0.5) is 10.5 Å². The highest BCUT2D eigenvalue weighted by molar-refractivity contribution is 5.68. The smallest absolute Gasteiger partial charge is 0.407 e. The Bertz CT molecular complexity index is 452. The Morgan fingerprint density at radius 1 is 1.44 bits per heavy atom. The lowest BCUT2D eigenvalue weighted by Gasteiger charge is -2.19. The summed E-state index contributed by atoms with van der Waals surface area (Å²) < 4.78 is 4.97. The lowest BCUT2D eigenvalue weighted by atomic mass is 10.1. The monoisotopic (exact) mass is 252 g/mol. The second kappa shape index (κ2) is 5.48. The van der Waals surface area contributed by atoms with Crippen LogP contribution in [0.3, 0.4) is 0 Å². The molecule has 0 heterocycles. The van der Waals surface area contributed by atoms with Gasteiger partial charge in [-0.2, -0.15) is 0 Å². The second-order valence-electron chi connectivity index (χ2n) is 4.88. The van der Waals surface area contributed by atoms with Gasteiger partial charge in [0.25, 0.3) is 5.69 Å². The Labute approximate surface area is 105 Å². The van der Waals surface area contributed by atoms with Crippen LogP contribution in [0.1, 0.15) is 26.3 Å².